The van der Waals surface area contributed by atoms with E-state index in [1.807, 2.05) is 23.3 Å². The summed E-state index contributed by atoms with van der Waals surface area (Å²) in [6.07, 6.45) is 18.5. The van der Waals surface area contributed by atoms with Gasteiger partial charge in [-0.1, -0.05) is 104 Å². The summed E-state index contributed by atoms with van der Waals surface area (Å²) in [4.78, 5) is 0. The molecular formula is C37H46Cl3Zr-3. The zero-order chi connectivity index (χ0) is 28.0. The van der Waals surface area contributed by atoms with Crippen LogP contribution in [-0.4, -0.2) is 4.21 Å². The molecule has 7 rings (SSSR count). The van der Waals surface area contributed by atoms with Gasteiger partial charge in [-0.15, -0.1) is 49.8 Å². The van der Waals surface area contributed by atoms with Gasteiger partial charge in [0, 0.05) is 0 Å². The summed E-state index contributed by atoms with van der Waals surface area (Å²) in [5.74, 6) is 6.00. The van der Waals surface area contributed by atoms with E-state index in [4.69, 9.17) is 11.6 Å². The maximum absolute atomic E-state index is 5.52. The molecule has 222 valence electrons. The molecule has 0 radical (unpaired) electrons. The SMILES string of the molecule is C[C-]1C2=C3Cc4ccccc4C3C3CCCCC3C2CC(C)C1(C)C.Cl.Cl.Clc1cc[c-]cc1.[C-]1=CC=CC1.[CH2]=[Zr]. The molecule has 0 nitrogen and oxygen atoms in total. The van der Waals surface area contributed by atoms with Crippen molar-refractivity contribution in [2.75, 3.05) is 0 Å². The first-order valence-electron chi connectivity index (χ1n) is 14.7. The van der Waals surface area contributed by atoms with Gasteiger partial charge < -0.3 is 0 Å². The Morgan fingerprint density at radius 3 is 2.22 bits per heavy atom. The van der Waals surface area contributed by atoms with Gasteiger partial charge in [-0.05, 0) is 30.6 Å². The van der Waals surface area contributed by atoms with E-state index in [0.717, 1.165) is 41.0 Å². The Bertz CT molecular complexity index is 1170. The predicted octanol–water partition coefficient (Wildman–Crippen LogP) is 11.0. The van der Waals surface area contributed by atoms with E-state index in [1.165, 1.54) is 62.8 Å². The van der Waals surface area contributed by atoms with Crippen LogP contribution in [0.1, 0.15) is 83.3 Å². The fraction of sp³-hybridized carbons (Fsp3) is 0.459. The van der Waals surface area contributed by atoms with Crippen LogP contribution in [0.2, 0.25) is 5.02 Å². The van der Waals surface area contributed by atoms with Crippen LogP contribution in [0.4, 0.5) is 0 Å². The van der Waals surface area contributed by atoms with Crippen LogP contribution < -0.4 is 0 Å². The van der Waals surface area contributed by atoms with Gasteiger partial charge in [0.25, 0.3) is 0 Å². The summed E-state index contributed by atoms with van der Waals surface area (Å²) in [6.45, 7) is 9.99. The van der Waals surface area contributed by atoms with Gasteiger partial charge in [0.05, 0.1) is 0 Å². The van der Waals surface area contributed by atoms with E-state index in [9.17, 15) is 0 Å². The van der Waals surface area contributed by atoms with Crippen molar-refractivity contribution in [1.82, 2.24) is 0 Å². The molecule has 4 heteroatoms. The first kappa shape index (κ1) is 36.3. The quantitative estimate of drug-likeness (QED) is 0.242. The minimum atomic E-state index is 0. The minimum absolute atomic E-state index is 0. The number of benzene rings is 2. The van der Waals surface area contributed by atoms with Crippen molar-refractivity contribution >= 4 is 40.6 Å². The van der Waals surface area contributed by atoms with Gasteiger partial charge in [-0.25, -0.2) is 29.2 Å². The Hall–Kier alpha value is -0.847. The summed E-state index contributed by atoms with van der Waals surface area (Å²) in [7, 11) is 0. The standard InChI is InChI=1S/C25H33.C6H4Cl.C5H5.CH2.2ClH.Zr/c1-15-13-21-19-11-7-8-12-20(19)24-18-10-6-5-9-17(18)14-22(24)23(21)16(2)25(15,3)4;7-6-4-2-1-3-5-6;1-2-4-5-3-1;;;;/h5-6,9-10,15,19-21,24H,7-8,11-14H2,1-4H3;2-5H;1-3H,4H2;1H2;2*1H;/q3*-1;;;;. The molecule has 0 aliphatic heterocycles. The molecule has 5 unspecified atom stereocenters. The summed E-state index contributed by atoms with van der Waals surface area (Å²) < 4.78 is 3.34. The number of halogens is 3. The third-order valence-corrected chi connectivity index (χ3v) is 10.4. The molecule has 2 fully saturated rings. The average Bonchev–Trinajstić information content (AvgIpc) is 3.66. The molecule has 2 aromatic rings. The number of allylic oxidation sites excluding steroid dienone is 6. The molecule has 0 N–H and O–H groups in total. The first-order valence-corrected chi connectivity index (χ1v) is 16.8. The van der Waals surface area contributed by atoms with Gasteiger partial charge >= 0.3 is 28.4 Å². The predicted molar refractivity (Wildman–Crippen MR) is 179 cm³/mol. The van der Waals surface area contributed by atoms with E-state index in [0.29, 0.717) is 5.41 Å². The Morgan fingerprint density at radius 1 is 1.00 bits per heavy atom. The van der Waals surface area contributed by atoms with Crippen molar-refractivity contribution in [3.8, 4) is 0 Å². The second-order valence-corrected chi connectivity index (χ2v) is 12.7. The van der Waals surface area contributed by atoms with Crippen molar-refractivity contribution in [3.63, 3.8) is 0 Å². The summed E-state index contributed by atoms with van der Waals surface area (Å²) in [5.41, 5.74) is 7.35. The van der Waals surface area contributed by atoms with Crippen LogP contribution >= 0.6 is 36.4 Å². The molecule has 0 aromatic heterocycles. The second-order valence-electron chi connectivity index (χ2n) is 12.2. The topological polar surface area (TPSA) is 0 Å². The normalized spacial score (nSPS) is 27.3. The zero-order valence-electron chi connectivity index (χ0n) is 25.1. The van der Waals surface area contributed by atoms with Crippen molar-refractivity contribution in [2.24, 2.45) is 29.1 Å². The van der Waals surface area contributed by atoms with E-state index in [1.54, 1.807) is 41.3 Å². The molecule has 5 aliphatic carbocycles. The van der Waals surface area contributed by atoms with Crippen LogP contribution in [-0.2, 0) is 30.7 Å². The molecular weight excluding hydrogens is 642 g/mol. The molecule has 5 aliphatic rings. The number of rotatable bonds is 0. The monoisotopic (exact) mass is 685 g/mol. The van der Waals surface area contributed by atoms with E-state index >= 15 is 0 Å². The van der Waals surface area contributed by atoms with Crippen LogP contribution in [0.3, 0.4) is 0 Å². The van der Waals surface area contributed by atoms with Crippen LogP contribution in [0.15, 0.2) is 77.9 Å². The molecule has 41 heavy (non-hydrogen) atoms. The van der Waals surface area contributed by atoms with Crippen molar-refractivity contribution in [2.45, 2.75) is 78.6 Å². The van der Waals surface area contributed by atoms with E-state index < -0.39 is 0 Å². The Morgan fingerprint density at radius 2 is 1.66 bits per heavy atom. The third-order valence-electron chi connectivity index (χ3n) is 10.2. The van der Waals surface area contributed by atoms with Crippen LogP contribution in [0.5, 0.6) is 0 Å². The Labute approximate surface area is 282 Å². The summed E-state index contributed by atoms with van der Waals surface area (Å²) in [5, 5.41) is 0.763. The molecule has 0 heterocycles. The third kappa shape index (κ3) is 8.01. The Balaban J connectivity index is 0.000000306. The molecule has 2 saturated carbocycles. The maximum atomic E-state index is 5.52. The number of hydrogen-bond acceptors (Lipinski definition) is 0. The van der Waals surface area contributed by atoms with Crippen LogP contribution in [0, 0.1) is 47.1 Å². The molecule has 0 spiro atoms. The van der Waals surface area contributed by atoms with Gasteiger partial charge in [-0.3, -0.25) is 6.08 Å². The van der Waals surface area contributed by atoms with Gasteiger partial charge in [0.1, 0.15) is 0 Å². The first-order chi connectivity index (χ1) is 18.9. The van der Waals surface area contributed by atoms with Gasteiger partial charge in [-0.2, -0.15) is 36.4 Å². The van der Waals surface area contributed by atoms with Crippen LogP contribution in [0.25, 0.3) is 0 Å². The van der Waals surface area contributed by atoms with Crippen molar-refractivity contribution in [1.29, 1.82) is 0 Å². The number of hydrogen-bond donors (Lipinski definition) is 0. The molecule has 0 saturated heterocycles. The average molecular weight is 688 g/mol. The van der Waals surface area contributed by atoms with Gasteiger partial charge in [0.15, 0.2) is 0 Å². The molecule has 0 bridgehead atoms. The molecule has 0 amide bonds. The van der Waals surface area contributed by atoms with Crippen molar-refractivity contribution < 1.29 is 24.2 Å². The molecule has 2 aromatic carbocycles. The van der Waals surface area contributed by atoms with E-state index in [-0.39, 0.29) is 24.8 Å². The number of fused-ring (bicyclic) bond motifs is 7. The fourth-order valence-corrected chi connectivity index (χ4v) is 7.84. The Kier molecular flexibility index (Phi) is 14.9. The fourth-order valence-electron chi connectivity index (χ4n) is 7.72. The zero-order valence-corrected chi connectivity index (χ0v) is 29.9. The molecule has 5 atom stereocenters. The van der Waals surface area contributed by atoms with Crippen molar-refractivity contribution in [3.05, 3.63) is 112 Å². The summed E-state index contributed by atoms with van der Waals surface area (Å²) >= 11 is 6.82. The van der Waals surface area contributed by atoms with Gasteiger partial charge in [0.2, 0.25) is 0 Å². The second kappa shape index (κ2) is 16.9. The van der Waals surface area contributed by atoms with E-state index in [2.05, 4.69) is 74.4 Å². The summed E-state index contributed by atoms with van der Waals surface area (Å²) in [6, 6.07) is 19.4.